The predicted octanol–water partition coefficient (Wildman–Crippen LogP) is 3.08. The van der Waals surface area contributed by atoms with Crippen LogP contribution in [0, 0.1) is 0 Å². The summed E-state index contributed by atoms with van der Waals surface area (Å²) in [6, 6.07) is 18.1. The highest BCUT2D eigenvalue weighted by molar-refractivity contribution is 7.09. The van der Waals surface area contributed by atoms with Gasteiger partial charge in [0.1, 0.15) is 11.0 Å². The molecule has 5 heteroatoms. The average molecular weight is 324 g/mol. The molecule has 116 valence electrons. The number of carbonyl (C=O) groups is 1. The molecule has 1 unspecified atom stereocenters. The Balaban J connectivity index is 1.83. The first-order valence-electron chi connectivity index (χ1n) is 7.23. The Labute approximate surface area is 138 Å². The van der Waals surface area contributed by atoms with Crippen molar-refractivity contribution in [3.8, 4) is 0 Å². The molecule has 3 rings (SSSR count). The van der Waals surface area contributed by atoms with E-state index in [1.165, 1.54) is 11.3 Å². The fraction of sp³-hybridized carbons (Fsp3) is 0.111. The van der Waals surface area contributed by atoms with Gasteiger partial charge in [0.25, 0.3) is 5.91 Å². The molecule has 0 aliphatic rings. The van der Waals surface area contributed by atoms with E-state index in [1.54, 1.807) is 30.5 Å². The second kappa shape index (κ2) is 7.17. The topological polar surface area (TPSA) is 62.2 Å². The first-order chi connectivity index (χ1) is 11.3. The van der Waals surface area contributed by atoms with Gasteiger partial charge in [0.05, 0.1) is 0 Å². The van der Waals surface area contributed by atoms with Crippen LogP contribution in [0.4, 0.5) is 0 Å². The molecule has 2 N–H and O–H groups in total. The van der Waals surface area contributed by atoms with Crippen molar-refractivity contribution in [2.24, 2.45) is 0 Å². The molecule has 1 amide bonds. The Hall–Kier alpha value is -2.50. The third-order valence-electron chi connectivity index (χ3n) is 3.48. The Morgan fingerprint density at radius 1 is 1.00 bits per heavy atom. The largest absolute Gasteiger partial charge is 0.378 e. The van der Waals surface area contributed by atoms with Crippen LogP contribution in [0.3, 0.4) is 0 Å². The van der Waals surface area contributed by atoms with Crippen molar-refractivity contribution in [2.45, 2.75) is 12.1 Å². The summed E-state index contributed by atoms with van der Waals surface area (Å²) in [7, 11) is 0. The summed E-state index contributed by atoms with van der Waals surface area (Å²) in [5.41, 5.74) is 1.49. The van der Waals surface area contributed by atoms with Gasteiger partial charge in [-0.1, -0.05) is 60.7 Å². The molecule has 0 aliphatic heterocycles. The smallest absolute Gasteiger partial charge is 0.254 e. The Bertz CT molecular complexity index is 745. The van der Waals surface area contributed by atoms with Crippen molar-refractivity contribution in [3.05, 3.63) is 88.4 Å². The molecular formula is C18H16N2O2S. The number of amides is 1. The van der Waals surface area contributed by atoms with E-state index < -0.39 is 12.0 Å². The minimum Gasteiger partial charge on any atom is -0.378 e. The van der Waals surface area contributed by atoms with Crippen molar-refractivity contribution in [2.75, 3.05) is 0 Å². The van der Waals surface area contributed by atoms with E-state index in [-0.39, 0.29) is 6.04 Å². The van der Waals surface area contributed by atoms with Gasteiger partial charge < -0.3 is 10.4 Å². The number of aromatic nitrogens is 1. The average Bonchev–Trinajstić information content (AvgIpc) is 3.14. The van der Waals surface area contributed by atoms with E-state index >= 15 is 0 Å². The molecule has 2 atom stereocenters. The van der Waals surface area contributed by atoms with Crippen LogP contribution in [-0.2, 0) is 4.79 Å². The molecule has 1 heterocycles. The zero-order valence-corrected chi connectivity index (χ0v) is 13.1. The molecule has 0 spiro atoms. The summed E-state index contributed by atoms with van der Waals surface area (Å²) in [6.07, 6.45) is 0.498. The van der Waals surface area contributed by atoms with Gasteiger partial charge in [0.15, 0.2) is 6.10 Å². The lowest BCUT2D eigenvalue weighted by Crippen LogP contribution is -2.33. The number of carbonyl (C=O) groups excluding carboxylic acids is 1. The first-order valence-corrected chi connectivity index (χ1v) is 8.11. The maximum Gasteiger partial charge on any atom is 0.254 e. The molecule has 4 nitrogen and oxygen atoms in total. The van der Waals surface area contributed by atoms with Crippen LogP contribution < -0.4 is 5.32 Å². The van der Waals surface area contributed by atoms with Crippen molar-refractivity contribution >= 4 is 17.2 Å². The second-order valence-corrected chi connectivity index (χ2v) is 5.96. The Morgan fingerprint density at radius 2 is 1.61 bits per heavy atom. The lowest BCUT2D eigenvalue weighted by Gasteiger charge is -2.19. The minimum absolute atomic E-state index is 0.373. The summed E-state index contributed by atoms with van der Waals surface area (Å²) < 4.78 is 0. The molecule has 0 aliphatic carbocycles. The summed E-state index contributed by atoms with van der Waals surface area (Å²) in [4.78, 5) is 16.7. The SMILES string of the molecule is O=C(NC(c1ccccc1)c1nccs1)[C@@H](O)c1ccccc1. The highest BCUT2D eigenvalue weighted by atomic mass is 32.1. The minimum atomic E-state index is -1.21. The molecule has 0 saturated heterocycles. The fourth-order valence-electron chi connectivity index (χ4n) is 2.32. The maximum absolute atomic E-state index is 12.4. The van der Waals surface area contributed by atoms with Crippen LogP contribution in [0.5, 0.6) is 0 Å². The van der Waals surface area contributed by atoms with Gasteiger partial charge in [-0.2, -0.15) is 0 Å². The molecule has 0 saturated carbocycles. The quantitative estimate of drug-likeness (QED) is 0.758. The number of nitrogens with one attached hydrogen (secondary N) is 1. The number of rotatable bonds is 5. The lowest BCUT2D eigenvalue weighted by molar-refractivity contribution is -0.130. The Kier molecular flexibility index (Phi) is 4.80. The van der Waals surface area contributed by atoms with E-state index in [0.29, 0.717) is 5.56 Å². The van der Waals surface area contributed by atoms with Crippen molar-refractivity contribution in [1.29, 1.82) is 0 Å². The van der Waals surface area contributed by atoms with E-state index in [0.717, 1.165) is 10.6 Å². The third kappa shape index (κ3) is 3.64. The fourth-order valence-corrected chi connectivity index (χ4v) is 3.03. The lowest BCUT2D eigenvalue weighted by atomic mass is 10.1. The van der Waals surface area contributed by atoms with Crippen LogP contribution in [-0.4, -0.2) is 16.0 Å². The van der Waals surface area contributed by atoms with Crippen molar-refractivity contribution in [1.82, 2.24) is 10.3 Å². The normalized spacial score (nSPS) is 13.3. The molecule has 0 fully saturated rings. The number of benzene rings is 2. The van der Waals surface area contributed by atoms with Gasteiger partial charge in [-0.05, 0) is 11.1 Å². The summed E-state index contributed by atoms with van der Waals surface area (Å²) in [6.45, 7) is 0. The monoisotopic (exact) mass is 324 g/mol. The highest BCUT2D eigenvalue weighted by Gasteiger charge is 2.24. The van der Waals surface area contributed by atoms with Gasteiger partial charge >= 0.3 is 0 Å². The van der Waals surface area contributed by atoms with E-state index in [2.05, 4.69) is 10.3 Å². The summed E-state index contributed by atoms with van der Waals surface area (Å²) in [5, 5.41) is 15.8. The van der Waals surface area contributed by atoms with Gasteiger partial charge in [-0.3, -0.25) is 4.79 Å². The number of aliphatic hydroxyl groups excluding tert-OH is 1. The van der Waals surface area contributed by atoms with E-state index in [1.807, 2.05) is 41.8 Å². The number of nitrogens with zero attached hydrogens (tertiary/aromatic N) is 1. The second-order valence-electron chi connectivity index (χ2n) is 5.04. The standard InChI is InChI=1S/C18H16N2O2S/c21-16(14-9-5-2-6-10-14)17(22)20-15(18-19-11-12-23-18)13-7-3-1-4-8-13/h1-12,15-16,21H,(H,20,22)/t15?,16-/m0/s1. The van der Waals surface area contributed by atoms with Crippen LogP contribution in [0.25, 0.3) is 0 Å². The third-order valence-corrected chi connectivity index (χ3v) is 4.32. The Morgan fingerprint density at radius 3 is 2.17 bits per heavy atom. The molecule has 23 heavy (non-hydrogen) atoms. The molecule has 2 aromatic carbocycles. The molecule has 1 aromatic heterocycles. The van der Waals surface area contributed by atoms with Crippen LogP contribution in [0.2, 0.25) is 0 Å². The number of hydrogen-bond donors (Lipinski definition) is 2. The van der Waals surface area contributed by atoms with Crippen molar-refractivity contribution < 1.29 is 9.90 Å². The summed E-state index contributed by atoms with van der Waals surface area (Å²) in [5.74, 6) is -0.444. The van der Waals surface area contributed by atoms with E-state index in [9.17, 15) is 9.90 Å². The number of thiazole rings is 1. The molecule has 0 bridgehead atoms. The highest BCUT2D eigenvalue weighted by Crippen LogP contribution is 2.25. The molecule has 0 radical (unpaired) electrons. The van der Waals surface area contributed by atoms with Crippen LogP contribution in [0.15, 0.2) is 72.2 Å². The van der Waals surface area contributed by atoms with Gasteiger partial charge in [0.2, 0.25) is 0 Å². The number of hydrogen-bond acceptors (Lipinski definition) is 4. The molecule has 3 aromatic rings. The summed E-state index contributed by atoms with van der Waals surface area (Å²) >= 11 is 1.47. The van der Waals surface area contributed by atoms with Gasteiger partial charge in [-0.25, -0.2) is 4.98 Å². The van der Waals surface area contributed by atoms with Gasteiger partial charge in [0, 0.05) is 11.6 Å². The predicted molar refractivity (Wildman–Crippen MR) is 89.9 cm³/mol. The maximum atomic E-state index is 12.4. The van der Waals surface area contributed by atoms with Gasteiger partial charge in [-0.15, -0.1) is 11.3 Å². The van der Waals surface area contributed by atoms with Crippen molar-refractivity contribution in [3.63, 3.8) is 0 Å². The van der Waals surface area contributed by atoms with E-state index in [4.69, 9.17) is 0 Å². The zero-order valence-electron chi connectivity index (χ0n) is 12.3. The zero-order chi connectivity index (χ0) is 16.1. The number of aliphatic hydroxyl groups is 1. The van der Waals surface area contributed by atoms with Crippen LogP contribution in [0.1, 0.15) is 28.3 Å². The first kappa shape index (κ1) is 15.4. The molecular weight excluding hydrogens is 308 g/mol. The van der Waals surface area contributed by atoms with Crippen LogP contribution >= 0.6 is 11.3 Å².